The number of aromatic amines is 1. The molecular formula is C16H19N3O2. The highest BCUT2D eigenvalue weighted by Crippen LogP contribution is 2.06. The molecule has 1 aromatic heterocycles. The lowest BCUT2D eigenvalue weighted by molar-refractivity contribution is 0.0952. The molecule has 0 aliphatic rings. The summed E-state index contributed by atoms with van der Waals surface area (Å²) in [7, 11) is 0. The summed E-state index contributed by atoms with van der Waals surface area (Å²) >= 11 is 0. The Morgan fingerprint density at radius 3 is 2.62 bits per heavy atom. The van der Waals surface area contributed by atoms with E-state index in [4.69, 9.17) is 0 Å². The summed E-state index contributed by atoms with van der Waals surface area (Å²) in [6.07, 6.45) is 0. The zero-order valence-corrected chi connectivity index (χ0v) is 12.1. The van der Waals surface area contributed by atoms with E-state index in [1.54, 1.807) is 13.0 Å². The molecule has 1 amide bonds. The fourth-order valence-electron chi connectivity index (χ4n) is 2.03. The Kier molecular flexibility index (Phi) is 4.77. The standard InChI is InChI=1S/C16H19N3O2/c1-11-8-13(9-15(20)19-11)16(21)17-10-12(2)18-14-6-4-3-5-7-14/h3-9,12,18H,10H2,1-2H3,(H,17,21)(H,19,20)/t12-/m0/s1. The Balaban J connectivity index is 1.90. The minimum absolute atomic E-state index is 0.0828. The lowest BCUT2D eigenvalue weighted by atomic mass is 10.2. The smallest absolute Gasteiger partial charge is 0.251 e. The largest absolute Gasteiger partial charge is 0.381 e. The highest BCUT2D eigenvalue weighted by atomic mass is 16.2. The van der Waals surface area contributed by atoms with E-state index < -0.39 is 0 Å². The van der Waals surface area contributed by atoms with Crippen LogP contribution in [0.5, 0.6) is 0 Å². The van der Waals surface area contributed by atoms with E-state index in [1.807, 2.05) is 37.3 Å². The van der Waals surface area contributed by atoms with Crippen LogP contribution >= 0.6 is 0 Å². The van der Waals surface area contributed by atoms with Gasteiger partial charge in [-0.1, -0.05) is 18.2 Å². The van der Waals surface area contributed by atoms with Gasteiger partial charge in [0.25, 0.3) is 5.91 Å². The van der Waals surface area contributed by atoms with Gasteiger partial charge in [-0.2, -0.15) is 0 Å². The van der Waals surface area contributed by atoms with Gasteiger partial charge in [-0.05, 0) is 32.0 Å². The summed E-state index contributed by atoms with van der Waals surface area (Å²) in [6, 6.07) is 12.8. The zero-order valence-electron chi connectivity index (χ0n) is 12.1. The van der Waals surface area contributed by atoms with Crippen LogP contribution in [0.25, 0.3) is 0 Å². The number of para-hydroxylation sites is 1. The molecule has 2 aromatic rings. The average molecular weight is 285 g/mol. The average Bonchev–Trinajstić information content (AvgIpc) is 2.45. The second-order valence-corrected chi connectivity index (χ2v) is 5.04. The third-order valence-corrected chi connectivity index (χ3v) is 3.00. The van der Waals surface area contributed by atoms with Gasteiger partial charge in [-0.15, -0.1) is 0 Å². The van der Waals surface area contributed by atoms with Gasteiger partial charge in [0, 0.05) is 35.6 Å². The third kappa shape index (κ3) is 4.49. The molecule has 0 fully saturated rings. The van der Waals surface area contributed by atoms with Crippen molar-refractivity contribution in [2.24, 2.45) is 0 Å². The summed E-state index contributed by atoms with van der Waals surface area (Å²) in [5.41, 5.74) is 1.79. The van der Waals surface area contributed by atoms with Gasteiger partial charge in [-0.25, -0.2) is 0 Å². The normalized spacial score (nSPS) is 11.7. The second kappa shape index (κ2) is 6.74. The van der Waals surface area contributed by atoms with Crippen LogP contribution in [0.1, 0.15) is 23.0 Å². The van der Waals surface area contributed by atoms with Crippen molar-refractivity contribution in [1.29, 1.82) is 0 Å². The first-order valence-electron chi connectivity index (χ1n) is 6.85. The number of nitrogens with one attached hydrogen (secondary N) is 3. The number of aromatic nitrogens is 1. The van der Waals surface area contributed by atoms with Crippen LogP contribution < -0.4 is 16.2 Å². The first-order valence-corrected chi connectivity index (χ1v) is 6.85. The number of carbonyl (C=O) groups is 1. The van der Waals surface area contributed by atoms with Gasteiger partial charge in [0.2, 0.25) is 5.56 Å². The maximum Gasteiger partial charge on any atom is 0.251 e. The highest BCUT2D eigenvalue weighted by Gasteiger charge is 2.09. The van der Waals surface area contributed by atoms with Crippen molar-refractivity contribution >= 4 is 11.6 Å². The summed E-state index contributed by atoms with van der Waals surface area (Å²) in [6.45, 7) is 4.20. The van der Waals surface area contributed by atoms with Crippen LogP contribution in [0.4, 0.5) is 5.69 Å². The van der Waals surface area contributed by atoms with E-state index in [1.165, 1.54) is 6.07 Å². The van der Waals surface area contributed by atoms with Gasteiger partial charge in [0.05, 0.1) is 0 Å². The van der Waals surface area contributed by atoms with Crippen LogP contribution in [-0.4, -0.2) is 23.5 Å². The number of hydrogen-bond acceptors (Lipinski definition) is 3. The second-order valence-electron chi connectivity index (χ2n) is 5.04. The van der Waals surface area contributed by atoms with Crippen molar-refractivity contribution in [3.05, 3.63) is 64.1 Å². The van der Waals surface area contributed by atoms with Crippen LogP contribution in [0, 0.1) is 6.92 Å². The summed E-state index contributed by atoms with van der Waals surface area (Å²) in [5.74, 6) is -0.245. The predicted octanol–water partition coefficient (Wildman–Crippen LogP) is 1.91. The molecule has 5 heteroatoms. The van der Waals surface area contributed by atoms with E-state index in [-0.39, 0.29) is 17.5 Å². The van der Waals surface area contributed by atoms with Gasteiger partial charge >= 0.3 is 0 Å². The van der Waals surface area contributed by atoms with Crippen LogP contribution in [0.3, 0.4) is 0 Å². The van der Waals surface area contributed by atoms with E-state index >= 15 is 0 Å². The van der Waals surface area contributed by atoms with Crippen molar-refractivity contribution in [1.82, 2.24) is 10.3 Å². The molecule has 0 saturated heterocycles. The van der Waals surface area contributed by atoms with E-state index in [9.17, 15) is 9.59 Å². The molecular weight excluding hydrogens is 266 g/mol. The molecule has 21 heavy (non-hydrogen) atoms. The molecule has 3 N–H and O–H groups in total. The number of benzene rings is 1. The minimum atomic E-state index is -0.268. The monoisotopic (exact) mass is 285 g/mol. The lowest BCUT2D eigenvalue weighted by Crippen LogP contribution is -2.35. The molecule has 0 unspecified atom stereocenters. The van der Waals surface area contributed by atoms with Crippen molar-refractivity contribution in [2.45, 2.75) is 19.9 Å². The SMILES string of the molecule is Cc1cc(C(=O)NC[C@H](C)Nc2ccccc2)cc(=O)[nH]1. The number of aryl methyl sites for hydroxylation is 1. The van der Waals surface area contributed by atoms with Crippen LogP contribution in [0.15, 0.2) is 47.3 Å². The van der Waals surface area contributed by atoms with Crippen molar-refractivity contribution < 1.29 is 4.79 Å². The number of H-pyrrole nitrogens is 1. The van der Waals surface area contributed by atoms with E-state index in [0.717, 1.165) is 5.69 Å². The zero-order chi connectivity index (χ0) is 15.2. The van der Waals surface area contributed by atoms with Gasteiger partial charge in [-0.3, -0.25) is 9.59 Å². The number of hydrogen-bond donors (Lipinski definition) is 3. The number of carbonyl (C=O) groups excluding carboxylic acids is 1. The lowest BCUT2D eigenvalue weighted by Gasteiger charge is -2.16. The predicted molar refractivity (Wildman–Crippen MR) is 83.7 cm³/mol. The number of amides is 1. The van der Waals surface area contributed by atoms with E-state index in [0.29, 0.717) is 17.8 Å². The number of pyridine rings is 1. The third-order valence-electron chi connectivity index (χ3n) is 3.00. The highest BCUT2D eigenvalue weighted by molar-refractivity contribution is 5.94. The summed E-state index contributed by atoms with van der Waals surface area (Å²) in [4.78, 5) is 26.0. The number of anilines is 1. The molecule has 1 aromatic carbocycles. The maximum atomic E-state index is 12.0. The number of rotatable bonds is 5. The molecule has 1 atom stereocenters. The Hall–Kier alpha value is -2.56. The molecule has 110 valence electrons. The molecule has 0 radical (unpaired) electrons. The summed E-state index contributed by atoms with van der Waals surface area (Å²) in [5, 5.41) is 6.11. The minimum Gasteiger partial charge on any atom is -0.381 e. The molecule has 0 aliphatic heterocycles. The van der Waals surface area contributed by atoms with Gasteiger partial charge in [0.15, 0.2) is 0 Å². The maximum absolute atomic E-state index is 12.0. The van der Waals surface area contributed by atoms with E-state index in [2.05, 4.69) is 15.6 Å². The topological polar surface area (TPSA) is 74.0 Å². The van der Waals surface area contributed by atoms with Gasteiger partial charge < -0.3 is 15.6 Å². The Labute approximate surface area is 123 Å². The Morgan fingerprint density at radius 1 is 1.24 bits per heavy atom. The molecule has 0 bridgehead atoms. The fraction of sp³-hybridized carbons (Fsp3) is 0.250. The summed E-state index contributed by atoms with van der Waals surface area (Å²) < 4.78 is 0. The quantitative estimate of drug-likeness (QED) is 0.785. The van der Waals surface area contributed by atoms with Gasteiger partial charge in [0.1, 0.15) is 0 Å². The van der Waals surface area contributed by atoms with Crippen molar-refractivity contribution in [3.8, 4) is 0 Å². The molecule has 2 rings (SSSR count). The fourth-order valence-corrected chi connectivity index (χ4v) is 2.03. The Morgan fingerprint density at radius 2 is 1.95 bits per heavy atom. The van der Waals surface area contributed by atoms with Crippen molar-refractivity contribution in [2.75, 3.05) is 11.9 Å². The molecule has 0 saturated carbocycles. The van der Waals surface area contributed by atoms with Crippen LogP contribution in [-0.2, 0) is 0 Å². The Bertz CT molecular complexity index is 665. The molecule has 0 spiro atoms. The molecule has 0 aliphatic carbocycles. The first-order chi connectivity index (χ1) is 10.0. The molecule has 5 nitrogen and oxygen atoms in total. The molecule has 1 heterocycles. The first kappa shape index (κ1) is 14.8. The van der Waals surface area contributed by atoms with Crippen LogP contribution in [0.2, 0.25) is 0 Å². The van der Waals surface area contributed by atoms with Crippen molar-refractivity contribution in [3.63, 3.8) is 0 Å².